The minimum atomic E-state index is -3.54. The standard InChI is InChI=1S/C26H33N3O5S/c1-4-34-24(30)21-6-5-7-22(17-21)27-25(31)28-13-10-26(18-28)11-14-29(15-12-26)35(32,33)23-16-19(2)8-9-20(23)3/h5-9,16-17H,4,10-15,18H2,1-3H3,(H,27,31). The summed E-state index contributed by atoms with van der Waals surface area (Å²) in [5.74, 6) is -0.425. The number of esters is 1. The van der Waals surface area contributed by atoms with E-state index in [0.29, 0.717) is 42.3 Å². The maximum atomic E-state index is 13.3. The van der Waals surface area contributed by atoms with E-state index in [2.05, 4.69) is 5.32 Å². The fourth-order valence-electron chi connectivity index (χ4n) is 4.98. The zero-order chi connectivity index (χ0) is 25.2. The second-order valence-corrected chi connectivity index (χ2v) is 11.5. The SMILES string of the molecule is CCOC(=O)c1cccc(NC(=O)N2CCC3(CCN(S(=O)(=O)c4cc(C)ccc4C)CC3)C2)c1. The Kier molecular flexibility index (Phi) is 7.19. The predicted molar refractivity (Wildman–Crippen MR) is 134 cm³/mol. The number of nitrogens with one attached hydrogen (secondary N) is 1. The summed E-state index contributed by atoms with van der Waals surface area (Å²) in [7, 11) is -3.54. The van der Waals surface area contributed by atoms with Crippen molar-refractivity contribution in [3.63, 3.8) is 0 Å². The van der Waals surface area contributed by atoms with Crippen LogP contribution in [0.2, 0.25) is 0 Å². The van der Waals surface area contributed by atoms with E-state index in [0.717, 1.165) is 30.4 Å². The number of carbonyl (C=O) groups is 2. The van der Waals surface area contributed by atoms with Gasteiger partial charge in [-0.1, -0.05) is 18.2 Å². The van der Waals surface area contributed by atoms with Crippen LogP contribution in [0.1, 0.15) is 47.7 Å². The van der Waals surface area contributed by atoms with Crippen molar-refractivity contribution in [3.05, 3.63) is 59.2 Å². The summed E-state index contributed by atoms with van der Waals surface area (Å²) in [6, 6.07) is 12.0. The van der Waals surface area contributed by atoms with Crippen molar-refractivity contribution in [1.29, 1.82) is 0 Å². The third-order valence-electron chi connectivity index (χ3n) is 7.10. The van der Waals surface area contributed by atoms with Crippen LogP contribution < -0.4 is 5.32 Å². The zero-order valence-corrected chi connectivity index (χ0v) is 21.4. The molecule has 0 radical (unpaired) electrons. The molecule has 0 bridgehead atoms. The molecule has 1 spiro atoms. The minimum Gasteiger partial charge on any atom is -0.462 e. The number of carbonyl (C=O) groups excluding carboxylic acids is 2. The monoisotopic (exact) mass is 499 g/mol. The number of urea groups is 1. The quantitative estimate of drug-likeness (QED) is 0.623. The molecule has 2 aliphatic rings. The first kappa shape index (κ1) is 25.2. The Bertz CT molecular complexity index is 1220. The van der Waals surface area contributed by atoms with Gasteiger partial charge in [-0.05, 0) is 80.8 Å². The fourth-order valence-corrected chi connectivity index (χ4v) is 6.73. The Morgan fingerprint density at radius 2 is 1.74 bits per heavy atom. The van der Waals surface area contributed by atoms with E-state index < -0.39 is 16.0 Å². The van der Waals surface area contributed by atoms with E-state index >= 15 is 0 Å². The fraction of sp³-hybridized carbons (Fsp3) is 0.462. The first-order valence-corrected chi connectivity index (χ1v) is 13.5. The van der Waals surface area contributed by atoms with Crippen molar-refractivity contribution in [1.82, 2.24) is 9.21 Å². The number of sulfonamides is 1. The van der Waals surface area contributed by atoms with Crippen molar-refractivity contribution in [3.8, 4) is 0 Å². The van der Waals surface area contributed by atoms with Gasteiger partial charge >= 0.3 is 12.0 Å². The largest absolute Gasteiger partial charge is 0.462 e. The number of benzene rings is 2. The molecule has 35 heavy (non-hydrogen) atoms. The summed E-state index contributed by atoms with van der Waals surface area (Å²) in [6.07, 6.45) is 2.29. The number of rotatable bonds is 5. The highest BCUT2D eigenvalue weighted by atomic mass is 32.2. The summed E-state index contributed by atoms with van der Waals surface area (Å²) >= 11 is 0. The molecule has 0 atom stereocenters. The molecule has 0 unspecified atom stereocenters. The molecular formula is C26H33N3O5S. The predicted octanol–water partition coefficient (Wildman–Crippen LogP) is 4.19. The summed E-state index contributed by atoms with van der Waals surface area (Å²) < 4.78 is 33.2. The van der Waals surface area contributed by atoms with Gasteiger partial charge in [-0.3, -0.25) is 0 Å². The summed E-state index contributed by atoms with van der Waals surface area (Å²) in [4.78, 5) is 27.1. The molecule has 1 N–H and O–H groups in total. The van der Waals surface area contributed by atoms with Crippen LogP contribution in [0.5, 0.6) is 0 Å². The van der Waals surface area contributed by atoms with E-state index in [-0.39, 0.29) is 18.1 Å². The Morgan fingerprint density at radius 3 is 2.46 bits per heavy atom. The van der Waals surface area contributed by atoms with Crippen LogP contribution in [-0.2, 0) is 14.8 Å². The minimum absolute atomic E-state index is 0.0716. The Labute approximate surface area is 207 Å². The van der Waals surface area contributed by atoms with Gasteiger partial charge in [-0.25, -0.2) is 18.0 Å². The smallest absolute Gasteiger partial charge is 0.338 e. The van der Waals surface area contributed by atoms with Gasteiger partial charge in [0.1, 0.15) is 0 Å². The van der Waals surface area contributed by atoms with E-state index in [4.69, 9.17) is 4.74 Å². The van der Waals surface area contributed by atoms with Crippen molar-refractivity contribution in [2.45, 2.75) is 44.9 Å². The summed E-state index contributed by atoms with van der Waals surface area (Å²) in [5, 5.41) is 2.88. The van der Waals surface area contributed by atoms with Gasteiger partial charge in [-0.15, -0.1) is 0 Å². The third-order valence-corrected chi connectivity index (χ3v) is 9.14. The Hall–Kier alpha value is -2.91. The highest BCUT2D eigenvalue weighted by Gasteiger charge is 2.44. The van der Waals surface area contributed by atoms with Crippen molar-refractivity contribution in [2.24, 2.45) is 5.41 Å². The van der Waals surface area contributed by atoms with Crippen molar-refractivity contribution >= 4 is 27.7 Å². The van der Waals surface area contributed by atoms with Crippen molar-refractivity contribution in [2.75, 3.05) is 38.1 Å². The maximum Gasteiger partial charge on any atom is 0.338 e. The number of piperidine rings is 1. The molecule has 2 fully saturated rings. The molecule has 0 aliphatic carbocycles. The molecule has 188 valence electrons. The normalized spacial score (nSPS) is 18.0. The number of anilines is 1. The molecule has 2 heterocycles. The Balaban J connectivity index is 1.37. The molecule has 2 amide bonds. The van der Waals surface area contributed by atoms with E-state index in [1.54, 1.807) is 46.5 Å². The number of amides is 2. The lowest BCUT2D eigenvalue weighted by atomic mass is 9.78. The van der Waals surface area contributed by atoms with Gasteiger partial charge in [0.25, 0.3) is 0 Å². The zero-order valence-electron chi connectivity index (χ0n) is 20.5. The summed E-state index contributed by atoms with van der Waals surface area (Å²) in [6.45, 7) is 7.87. The molecule has 9 heteroatoms. The lowest BCUT2D eigenvalue weighted by molar-refractivity contribution is 0.0526. The number of nitrogens with zero attached hydrogens (tertiary/aromatic N) is 2. The van der Waals surface area contributed by atoms with Crippen LogP contribution in [0.25, 0.3) is 0 Å². The first-order valence-electron chi connectivity index (χ1n) is 12.0. The summed E-state index contributed by atoms with van der Waals surface area (Å²) in [5.41, 5.74) is 2.54. The maximum absolute atomic E-state index is 13.3. The lowest BCUT2D eigenvalue weighted by Crippen LogP contribution is -2.45. The van der Waals surface area contributed by atoms with Crippen LogP contribution >= 0.6 is 0 Å². The molecule has 0 aromatic heterocycles. The highest BCUT2D eigenvalue weighted by Crippen LogP contribution is 2.41. The van der Waals surface area contributed by atoms with E-state index in [1.165, 1.54) is 0 Å². The van der Waals surface area contributed by atoms with Crippen LogP contribution in [0.4, 0.5) is 10.5 Å². The van der Waals surface area contributed by atoms with Crippen LogP contribution in [0, 0.1) is 19.3 Å². The lowest BCUT2D eigenvalue weighted by Gasteiger charge is -2.38. The second kappa shape index (κ2) is 9.99. The topological polar surface area (TPSA) is 96.0 Å². The van der Waals surface area contributed by atoms with Gasteiger partial charge < -0.3 is 15.0 Å². The number of ether oxygens (including phenoxy) is 1. The average Bonchev–Trinajstić information content (AvgIpc) is 3.24. The van der Waals surface area contributed by atoms with Gasteiger partial charge in [-0.2, -0.15) is 4.31 Å². The second-order valence-electron chi connectivity index (χ2n) is 9.58. The van der Waals surface area contributed by atoms with Gasteiger partial charge in [0, 0.05) is 31.9 Å². The van der Waals surface area contributed by atoms with Crippen LogP contribution in [0.15, 0.2) is 47.4 Å². The van der Waals surface area contributed by atoms with Crippen molar-refractivity contribution < 1.29 is 22.7 Å². The third kappa shape index (κ3) is 5.36. The number of aryl methyl sites for hydroxylation is 2. The van der Waals surface area contributed by atoms with Gasteiger partial charge in [0.2, 0.25) is 10.0 Å². The number of hydrogen-bond acceptors (Lipinski definition) is 5. The highest BCUT2D eigenvalue weighted by molar-refractivity contribution is 7.89. The molecule has 0 saturated carbocycles. The van der Waals surface area contributed by atoms with Crippen LogP contribution in [0.3, 0.4) is 0 Å². The van der Waals surface area contributed by atoms with Crippen LogP contribution in [-0.4, -0.2) is 62.4 Å². The van der Waals surface area contributed by atoms with E-state index in [9.17, 15) is 18.0 Å². The first-order chi connectivity index (χ1) is 16.6. The molecule has 2 aromatic carbocycles. The molecule has 2 saturated heterocycles. The Morgan fingerprint density at radius 1 is 1.03 bits per heavy atom. The number of likely N-dealkylation sites (tertiary alicyclic amines) is 1. The average molecular weight is 500 g/mol. The van der Waals surface area contributed by atoms with Gasteiger partial charge in [0.05, 0.1) is 17.1 Å². The molecule has 2 aromatic rings. The van der Waals surface area contributed by atoms with E-state index in [1.807, 2.05) is 26.0 Å². The molecular weight excluding hydrogens is 466 g/mol. The molecule has 2 aliphatic heterocycles. The number of hydrogen-bond donors (Lipinski definition) is 1. The molecule has 4 rings (SSSR count). The van der Waals surface area contributed by atoms with Gasteiger partial charge in [0.15, 0.2) is 0 Å². The molecule has 8 nitrogen and oxygen atoms in total.